The van der Waals surface area contributed by atoms with Gasteiger partial charge in [-0.3, -0.25) is 9.69 Å². The fourth-order valence-corrected chi connectivity index (χ4v) is 3.63. The Labute approximate surface area is 148 Å². The Morgan fingerprint density at radius 1 is 1.00 bits per heavy atom. The van der Waals surface area contributed by atoms with E-state index in [2.05, 4.69) is 47.4 Å². The standard InChI is InChI=1S/C20H24N2O3/c23-20(19-15-24-12-13-25-19)22-10-8-21(9-11-22)14-17-6-3-5-16-4-1-2-7-18(16)17/h1-7,19H,8-15H2/t19-/m0/s1. The normalized spacial score (nSPS) is 22.2. The van der Waals surface area contributed by atoms with Gasteiger partial charge in [0.2, 0.25) is 0 Å². The van der Waals surface area contributed by atoms with Crippen molar-refractivity contribution in [3.8, 4) is 0 Å². The number of carbonyl (C=O) groups excluding carboxylic acids is 1. The first-order valence-electron chi connectivity index (χ1n) is 8.98. The van der Waals surface area contributed by atoms with Gasteiger partial charge in [-0.1, -0.05) is 42.5 Å². The highest BCUT2D eigenvalue weighted by molar-refractivity contribution is 5.85. The monoisotopic (exact) mass is 340 g/mol. The highest BCUT2D eigenvalue weighted by Crippen LogP contribution is 2.20. The summed E-state index contributed by atoms with van der Waals surface area (Å²) >= 11 is 0. The first kappa shape index (κ1) is 16.5. The molecule has 0 N–H and O–H groups in total. The lowest BCUT2D eigenvalue weighted by atomic mass is 10.0. The van der Waals surface area contributed by atoms with E-state index in [0.29, 0.717) is 19.8 Å². The molecular weight excluding hydrogens is 316 g/mol. The number of ether oxygens (including phenoxy) is 2. The van der Waals surface area contributed by atoms with Crippen molar-refractivity contribution in [2.45, 2.75) is 12.6 Å². The second-order valence-corrected chi connectivity index (χ2v) is 6.67. The van der Waals surface area contributed by atoms with E-state index >= 15 is 0 Å². The molecule has 0 saturated carbocycles. The molecule has 0 radical (unpaired) electrons. The number of carbonyl (C=O) groups is 1. The average molecular weight is 340 g/mol. The Kier molecular flexibility index (Phi) is 4.97. The van der Waals surface area contributed by atoms with E-state index < -0.39 is 6.10 Å². The summed E-state index contributed by atoms with van der Waals surface area (Å²) in [5, 5.41) is 2.60. The predicted molar refractivity (Wildman–Crippen MR) is 96.4 cm³/mol. The topological polar surface area (TPSA) is 42.0 Å². The van der Waals surface area contributed by atoms with Gasteiger partial charge in [-0.2, -0.15) is 0 Å². The summed E-state index contributed by atoms with van der Waals surface area (Å²) in [7, 11) is 0. The molecule has 2 aromatic rings. The van der Waals surface area contributed by atoms with Gasteiger partial charge < -0.3 is 14.4 Å². The highest BCUT2D eigenvalue weighted by Gasteiger charge is 2.29. The molecule has 2 heterocycles. The van der Waals surface area contributed by atoms with Gasteiger partial charge in [0.15, 0.2) is 6.10 Å². The number of amides is 1. The maximum Gasteiger partial charge on any atom is 0.254 e. The van der Waals surface area contributed by atoms with Gasteiger partial charge in [0.05, 0.1) is 19.8 Å². The number of nitrogens with zero attached hydrogens (tertiary/aromatic N) is 2. The second-order valence-electron chi connectivity index (χ2n) is 6.67. The van der Waals surface area contributed by atoms with Gasteiger partial charge in [0, 0.05) is 32.7 Å². The molecule has 25 heavy (non-hydrogen) atoms. The lowest BCUT2D eigenvalue weighted by molar-refractivity contribution is -0.159. The largest absolute Gasteiger partial charge is 0.376 e. The quantitative estimate of drug-likeness (QED) is 0.856. The third kappa shape index (κ3) is 3.68. The molecule has 5 nitrogen and oxygen atoms in total. The first-order chi connectivity index (χ1) is 12.3. The molecule has 0 spiro atoms. The van der Waals surface area contributed by atoms with Crippen molar-refractivity contribution >= 4 is 16.7 Å². The zero-order valence-corrected chi connectivity index (χ0v) is 14.4. The number of piperazine rings is 1. The summed E-state index contributed by atoms with van der Waals surface area (Å²) in [4.78, 5) is 16.8. The summed E-state index contributed by atoms with van der Waals surface area (Å²) < 4.78 is 10.9. The molecule has 132 valence electrons. The summed E-state index contributed by atoms with van der Waals surface area (Å²) in [6, 6.07) is 15.0. The molecule has 2 aliphatic heterocycles. The van der Waals surface area contributed by atoms with Crippen LogP contribution in [0.15, 0.2) is 42.5 Å². The van der Waals surface area contributed by atoms with Crippen LogP contribution in [0, 0.1) is 0 Å². The Hall–Kier alpha value is -1.95. The second kappa shape index (κ2) is 7.52. The van der Waals surface area contributed by atoms with Crippen LogP contribution in [0.5, 0.6) is 0 Å². The number of rotatable bonds is 3. The summed E-state index contributed by atoms with van der Waals surface area (Å²) in [5.41, 5.74) is 1.35. The minimum Gasteiger partial charge on any atom is -0.376 e. The van der Waals surface area contributed by atoms with Crippen LogP contribution in [0.4, 0.5) is 0 Å². The van der Waals surface area contributed by atoms with Crippen molar-refractivity contribution in [3.63, 3.8) is 0 Å². The van der Waals surface area contributed by atoms with Crippen LogP contribution in [0.25, 0.3) is 10.8 Å². The van der Waals surface area contributed by atoms with Crippen LogP contribution < -0.4 is 0 Å². The van der Waals surface area contributed by atoms with E-state index in [4.69, 9.17) is 9.47 Å². The zero-order chi connectivity index (χ0) is 17.1. The van der Waals surface area contributed by atoms with Crippen molar-refractivity contribution in [2.24, 2.45) is 0 Å². The Bertz CT molecular complexity index is 729. The molecule has 2 saturated heterocycles. The van der Waals surface area contributed by atoms with Crippen LogP contribution >= 0.6 is 0 Å². The van der Waals surface area contributed by atoms with E-state index in [0.717, 1.165) is 32.7 Å². The number of hydrogen-bond acceptors (Lipinski definition) is 4. The van der Waals surface area contributed by atoms with Crippen LogP contribution in [0.2, 0.25) is 0 Å². The number of hydrogen-bond donors (Lipinski definition) is 0. The van der Waals surface area contributed by atoms with E-state index in [1.165, 1.54) is 16.3 Å². The molecule has 2 aliphatic rings. The lowest BCUT2D eigenvalue weighted by Gasteiger charge is -2.37. The highest BCUT2D eigenvalue weighted by atomic mass is 16.6. The molecule has 1 atom stereocenters. The van der Waals surface area contributed by atoms with Gasteiger partial charge >= 0.3 is 0 Å². The molecule has 0 aromatic heterocycles. The SMILES string of the molecule is O=C([C@@H]1COCCO1)N1CCN(Cc2cccc3ccccc23)CC1. The smallest absolute Gasteiger partial charge is 0.254 e. The van der Waals surface area contributed by atoms with Crippen LogP contribution in [0.3, 0.4) is 0 Å². The lowest BCUT2D eigenvalue weighted by Crippen LogP contribution is -2.53. The summed E-state index contributed by atoms with van der Waals surface area (Å²) in [6.07, 6.45) is -0.418. The molecule has 1 amide bonds. The third-order valence-electron chi connectivity index (χ3n) is 5.05. The molecule has 0 bridgehead atoms. The molecule has 4 rings (SSSR count). The van der Waals surface area contributed by atoms with Crippen LogP contribution in [-0.2, 0) is 20.8 Å². The minimum atomic E-state index is -0.418. The van der Waals surface area contributed by atoms with E-state index in [1.54, 1.807) is 0 Å². The van der Waals surface area contributed by atoms with Gasteiger partial charge in [-0.15, -0.1) is 0 Å². The maximum atomic E-state index is 12.5. The van der Waals surface area contributed by atoms with Gasteiger partial charge in [-0.05, 0) is 16.3 Å². The fraction of sp³-hybridized carbons (Fsp3) is 0.450. The minimum absolute atomic E-state index is 0.0736. The number of fused-ring (bicyclic) bond motifs is 1. The maximum absolute atomic E-state index is 12.5. The van der Waals surface area contributed by atoms with Crippen molar-refractivity contribution in [1.82, 2.24) is 9.80 Å². The van der Waals surface area contributed by atoms with E-state index in [9.17, 15) is 4.79 Å². The number of benzene rings is 2. The van der Waals surface area contributed by atoms with Gasteiger partial charge in [0.1, 0.15) is 0 Å². The van der Waals surface area contributed by atoms with E-state index in [-0.39, 0.29) is 5.91 Å². The molecule has 5 heteroatoms. The Balaban J connectivity index is 1.36. The molecule has 0 aliphatic carbocycles. The van der Waals surface area contributed by atoms with Crippen molar-refractivity contribution in [3.05, 3.63) is 48.0 Å². The Morgan fingerprint density at radius 3 is 2.60 bits per heavy atom. The van der Waals surface area contributed by atoms with Crippen LogP contribution in [0.1, 0.15) is 5.56 Å². The van der Waals surface area contributed by atoms with Gasteiger partial charge in [0.25, 0.3) is 5.91 Å². The third-order valence-corrected chi connectivity index (χ3v) is 5.05. The summed E-state index contributed by atoms with van der Waals surface area (Å²) in [5.74, 6) is 0.0736. The average Bonchev–Trinajstić information content (AvgIpc) is 2.69. The van der Waals surface area contributed by atoms with Crippen molar-refractivity contribution < 1.29 is 14.3 Å². The van der Waals surface area contributed by atoms with E-state index in [1.807, 2.05) is 4.90 Å². The van der Waals surface area contributed by atoms with Crippen LogP contribution in [-0.4, -0.2) is 67.8 Å². The van der Waals surface area contributed by atoms with Crippen molar-refractivity contribution in [2.75, 3.05) is 46.0 Å². The summed E-state index contributed by atoms with van der Waals surface area (Å²) in [6.45, 7) is 5.69. The predicted octanol–water partition coefficient (Wildman–Crippen LogP) is 1.90. The molecular formula is C20H24N2O3. The Morgan fingerprint density at radius 2 is 1.80 bits per heavy atom. The molecule has 2 aromatic carbocycles. The fourth-order valence-electron chi connectivity index (χ4n) is 3.63. The van der Waals surface area contributed by atoms with Gasteiger partial charge in [-0.25, -0.2) is 0 Å². The zero-order valence-electron chi connectivity index (χ0n) is 14.4. The molecule has 0 unspecified atom stereocenters. The van der Waals surface area contributed by atoms with Crippen molar-refractivity contribution in [1.29, 1.82) is 0 Å². The molecule has 2 fully saturated rings. The first-order valence-corrected chi connectivity index (χ1v) is 8.98.